The summed E-state index contributed by atoms with van der Waals surface area (Å²) in [5.74, 6) is 0.0232. The van der Waals surface area contributed by atoms with Gasteiger partial charge in [-0.05, 0) is 70.0 Å². The summed E-state index contributed by atoms with van der Waals surface area (Å²) in [6.07, 6.45) is 2.81. The third-order valence-corrected chi connectivity index (χ3v) is 5.42. The van der Waals surface area contributed by atoms with Crippen LogP contribution in [-0.4, -0.2) is 46.6 Å². The molecule has 154 valence electrons. The smallest absolute Gasteiger partial charge is 0.407 e. The number of amides is 2. The highest BCUT2D eigenvalue weighted by molar-refractivity contribution is 7.99. The fourth-order valence-electron chi connectivity index (χ4n) is 3.08. The standard InChI is InChI=1S/C22H27N3O3S/c1-22(2,3)28-21(27)24-17-11-14-25(15-12-17)20(26)16-7-9-18(10-8-16)29-19-6-4-5-13-23-19/h4-10,13,17H,11-12,14-15H2,1-3H3,(H,24,27). The number of carbonyl (C=O) groups excluding carboxylic acids is 2. The zero-order valence-corrected chi connectivity index (χ0v) is 17.9. The summed E-state index contributed by atoms with van der Waals surface area (Å²) in [7, 11) is 0. The number of carbonyl (C=O) groups is 2. The molecule has 7 heteroatoms. The first-order valence-electron chi connectivity index (χ1n) is 9.78. The molecule has 0 radical (unpaired) electrons. The Morgan fingerprint density at radius 1 is 1.10 bits per heavy atom. The molecule has 1 aliphatic rings. The molecule has 0 aliphatic carbocycles. The summed E-state index contributed by atoms with van der Waals surface area (Å²) in [5, 5.41) is 3.82. The van der Waals surface area contributed by atoms with Crippen molar-refractivity contribution in [3.05, 3.63) is 54.2 Å². The van der Waals surface area contributed by atoms with Gasteiger partial charge in [0.15, 0.2) is 0 Å². The van der Waals surface area contributed by atoms with Crippen molar-refractivity contribution in [2.24, 2.45) is 0 Å². The zero-order valence-electron chi connectivity index (χ0n) is 17.1. The number of benzene rings is 1. The van der Waals surface area contributed by atoms with Crippen LogP contribution in [0.1, 0.15) is 44.0 Å². The van der Waals surface area contributed by atoms with E-state index in [1.807, 2.05) is 68.1 Å². The number of rotatable bonds is 4. The normalized spacial score (nSPS) is 15.1. The molecular weight excluding hydrogens is 386 g/mol. The molecule has 2 heterocycles. The Bertz CT molecular complexity index is 827. The van der Waals surface area contributed by atoms with E-state index in [9.17, 15) is 9.59 Å². The third kappa shape index (κ3) is 6.49. The Morgan fingerprint density at radius 3 is 2.38 bits per heavy atom. The van der Waals surface area contributed by atoms with Crippen molar-refractivity contribution in [1.29, 1.82) is 0 Å². The summed E-state index contributed by atoms with van der Waals surface area (Å²) < 4.78 is 5.30. The van der Waals surface area contributed by atoms with Crippen LogP contribution in [0.4, 0.5) is 4.79 Å². The first kappa shape index (κ1) is 21.2. The summed E-state index contributed by atoms with van der Waals surface area (Å²) in [6, 6.07) is 13.4. The van der Waals surface area contributed by atoms with E-state index in [1.54, 1.807) is 18.0 Å². The van der Waals surface area contributed by atoms with E-state index >= 15 is 0 Å². The van der Waals surface area contributed by atoms with E-state index in [2.05, 4.69) is 10.3 Å². The van der Waals surface area contributed by atoms with Gasteiger partial charge < -0.3 is 15.0 Å². The Morgan fingerprint density at radius 2 is 1.79 bits per heavy atom. The molecule has 0 bridgehead atoms. The zero-order chi connectivity index (χ0) is 20.9. The minimum absolute atomic E-state index is 0.0232. The second kappa shape index (κ2) is 9.31. The molecular formula is C22H27N3O3S. The molecule has 29 heavy (non-hydrogen) atoms. The molecule has 1 fully saturated rings. The minimum atomic E-state index is -0.512. The monoisotopic (exact) mass is 413 g/mol. The van der Waals surface area contributed by atoms with Gasteiger partial charge in [0.05, 0.1) is 0 Å². The second-order valence-electron chi connectivity index (χ2n) is 8.01. The van der Waals surface area contributed by atoms with Crippen LogP contribution in [0.15, 0.2) is 58.6 Å². The molecule has 1 aromatic heterocycles. The van der Waals surface area contributed by atoms with Crippen molar-refractivity contribution in [1.82, 2.24) is 15.2 Å². The molecule has 0 unspecified atom stereocenters. The lowest BCUT2D eigenvalue weighted by molar-refractivity contribution is 0.0473. The summed E-state index contributed by atoms with van der Waals surface area (Å²) in [5.41, 5.74) is 0.163. The lowest BCUT2D eigenvalue weighted by Crippen LogP contribution is -2.47. The van der Waals surface area contributed by atoms with E-state index in [0.29, 0.717) is 18.7 Å². The number of hydrogen-bond donors (Lipinski definition) is 1. The number of piperidine rings is 1. The predicted molar refractivity (Wildman–Crippen MR) is 113 cm³/mol. The maximum absolute atomic E-state index is 12.8. The topological polar surface area (TPSA) is 71.5 Å². The van der Waals surface area contributed by atoms with E-state index in [-0.39, 0.29) is 11.9 Å². The first-order chi connectivity index (χ1) is 13.8. The van der Waals surface area contributed by atoms with Crippen LogP contribution in [0.2, 0.25) is 0 Å². The summed E-state index contributed by atoms with van der Waals surface area (Å²) in [6.45, 7) is 6.75. The van der Waals surface area contributed by atoms with Crippen LogP contribution in [0, 0.1) is 0 Å². The molecule has 6 nitrogen and oxygen atoms in total. The van der Waals surface area contributed by atoms with E-state index in [0.717, 1.165) is 22.8 Å². The maximum atomic E-state index is 12.8. The minimum Gasteiger partial charge on any atom is -0.444 e. The second-order valence-corrected chi connectivity index (χ2v) is 9.10. The fourth-order valence-corrected chi connectivity index (χ4v) is 3.85. The molecule has 0 saturated carbocycles. The molecule has 3 rings (SSSR count). The van der Waals surface area contributed by atoms with E-state index in [4.69, 9.17) is 4.74 Å². The van der Waals surface area contributed by atoms with Gasteiger partial charge in [-0.1, -0.05) is 17.8 Å². The van der Waals surface area contributed by atoms with Crippen LogP contribution in [0.25, 0.3) is 0 Å². The van der Waals surface area contributed by atoms with Gasteiger partial charge in [-0.25, -0.2) is 9.78 Å². The Labute approximate surface area is 176 Å². The van der Waals surface area contributed by atoms with Crippen molar-refractivity contribution in [2.45, 2.75) is 55.2 Å². The van der Waals surface area contributed by atoms with Gasteiger partial charge in [0.25, 0.3) is 5.91 Å². The molecule has 1 aliphatic heterocycles. The SMILES string of the molecule is CC(C)(C)OC(=O)NC1CCN(C(=O)c2ccc(Sc3ccccn3)cc2)CC1. The maximum Gasteiger partial charge on any atom is 0.407 e. The number of ether oxygens (including phenoxy) is 1. The van der Waals surface area contributed by atoms with Crippen LogP contribution < -0.4 is 5.32 Å². The molecule has 2 aromatic rings. The summed E-state index contributed by atoms with van der Waals surface area (Å²) in [4.78, 5) is 31.9. The van der Waals surface area contributed by atoms with Crippen molar-refractivity contribution in [3.8, 4) is 0 Å². The average molecular weight is 414 g/mol. The number of alkyl carbamates (subject to hydrolysis) is 1. The van der Waals surface area contributed by atoms with Crippen LogP contribution in [-0.2, 0) is 4.74 Å². The van der Waals surface area contributed by atoms with Crippen LogP contribution in [0.3, 0.4) is 0 Å². The van der Waals surface area contributed by atoms with Gasteiger partial charge in [0.2, 0.25) is 0 Å². The molecule has 0 spiro atoms. The van der Waals surface area contributed by atoms with Crippen molar-refractivity contribution >= 4 is 23.8 Å². The highest BCUT2D eigenvalue weighted by Crippen LogP contribution is 2.26. The lowest BCUT2D eigenvalue weighted by Gasteiger charge is -2.33. The van der Waals surface area contributed by atoms with Crippen molar-refractivity contribution in [3.63, 3.8) is 0 Å². The van der Waals surface area contributed by atoms with Gasteiger partial charge in [0, 0.05) is 35.8 Å². The third-order valence-electron chi connectivity index (χ3n) is 4.46. The lowest BCUT2D eigenvalue weighted by atomic mass is 10.0. The van der Waals surface area contributed by atoms with Gasteiger partial charge >= 0.3 is 6.09 Å². The number of nitrogens with one attached hydrogen (secondary N) is 1. The van der Waals surface area contributed by atoms with E-state index in [1.165, 1.54) is 0 Å². The number of likely N-dealkylation sites (tertiary alicyclic amines) is 1. The van der Waals surface area contributed by atoms with Crippen molar-refractivity contribution < 1.29 is 14.3 Å². The molecule has 1 aromatic carbocycles. The van der Waals surface area contributed by atoms with Crippen LogP contribution >= 0.6 is 11.8 Å². The van der Waals surface area contributed by atoms with Crippen LogP contribution in [0.5, 0.6) is 0 Å². The highest BCUT2D eigenvalue weighted by Gasteiger charge is 2.26. The largest absolute Gasteiger partial charge is 0.444 e. The first-order valence-corrected chi connectivity index (χ1v) is 10.6. The van der Waals surface area contributed by atoms with Gasteiger partial charge in [0.1, 0.15) is 10.6 Å². The highest BCUT2D eigenvalue weighted by atomic mass is 32.2. The molecule has 1 N–H and O–H groups in total. The van der Waals surface area contributed by atoms with Crippen molar-refractivity contribution in [2.75, 3.05) is 13.1 Å². The van der Waals surface area contributed by atoms with Gasteiger partial charge in [-0.15, -0.1) is 0 Å². The predicted octanol–water partition coefficient (Wildman–Crippen LogP) is 4.36. The Kier molecular flexibility index (Phi) is 6.79. The number of pyridine rings is 1. The molecule has 2 amide bonds. The average Bonchev–Trinajstić information content (AvgIpc) is 2.68. The van der Waals surface area contributed by atoms with E-state index < -0.39 is 11.7 Å². The Balaban J connectivity index is 1.49. The number of nitrogens with zero attached hydrogens (tertiary/aromatic N) is 2. The fraction of sp³-hybridized carbons (Fsp3) is 0.409. The number of hydrogen-bond acceptors (Lipinski definition) is 5. The van der Waals surface area contributed by atoms with Gasteiger partial charge in [-0.3, -0.25) is 4.79 Å². The molecule has 1 saturated heterocycles. The Hall–Kier alpha value is -2.54. The quantitative estimate of drug-likeness (QED) is 0.806. The number of aromatic nitrogens is 1. The van der Waals surface area contributed by atoms with Gasteiger partial charge in [-0.2, -0.15) is 0 Å². The molecule has 0 atom stereocenters. The summed E-state index contributed by atoms with van der Waals surface area (Å²) >= 11 is 1.57.